The van der Waals surface area contributed by atoms with Crippen molar-refractivity contribution in [2.75, 3.05) is 13.1 Å². The maximum absolute atomic E-state index is 5.92. The Bertz CT molecular complexity index is 540. The molecule has 2 aromatic heterocycles. The summed E-state index contributed by atoms with van der Waals surface area (Å²) in [4.78, 5) is 6.36. The van der Waals surface area contributed by atoms with Gasteiger partial charge < -0.3 is 10.6 Å². The van der Waals surface area contributed by atoms with E-state index in [0.717, 1.165) is 24.6 Å². The Morgan fingerprint density at radius 2 is 2.11 bits per heavy atom. The molecule has 0 unspecified atom stereocenters. The average molecular weight is 246 g/mol. The molecule has 2 rings (SSSR count). The summed E-state index contributed by atoms with van der Waals surface area (Å²) in [5.74, 6) is 1.34. The van der Waals surface area contributed by atoms with Gasteiger partial charge >= 0.3 is 0 Å². The van der Waals surface area contributed by atoms with Gasteiger partial charge in [-0.2, -0.15) is 0 Å². The van der Waals surface area contributed by atoms with Crippen LogP contribution in [0, 0.1) is 0 Å². The van der Waals surface area contributed by atoms with Crippen molar-refractivity contribution in [1.82, 2.24) is 19.5 Å². The molecule has 0 aliphatic rings. The number of pyridine rings is 1. The first kappa shape index (κ1) is 12.3. The fourth-order valence-corrected chi connectivity index (χ4v) is 1.80. The van der Waals surface area contributed by atoms with Crippen LogP contribution in [0.1, 0.15) is 19.7 Å². The highest BCUT2D eigenvalue weighted by molar-refractivity contribution is 5.77. The molecule has 0 bridgehead atoms. The molecule has 0 aliphatic carbocycles. The van der Waals surface area contributed by atoms with Gasteiger partial charge in [0.2, 0.25) is 0 Å². The Balaban J connectivity index is 2.17. The number of aromatic nitrogens is 3. The summed E-state index contributed by atoms with van der Waals surface area (Å²) < 4.78 is 1.92. The van der Waals surface area contributed by atoms with Crippen molar-refractivity contribution in [3.63, 3.8) is 0 Å². The zero-order valence-corrected chi connectivity index (χ0v) is 10.7. The molecule has 18 heavy (non-hydrogen) atoms. The zero-order chi connectivity index (χ0) is 13.0. The maximum atomic E-state index is 5.92. The second kappa shape index (κ2) is 5.48. The van der Waals surface area contributed by atoms with E-state index in [9.17, 15) is 0 Å². The normalized spacial score (nSPS) is 12.0. The van der Waals surface area contributed by atoms with Gasteiger partial charge in [-0.05, 0) is 26.0 Å². The molecule has 0 atom stereocenters. The van der Waals surface area contributed by atoms with Crippen LogP contribution >= 0.6 is 0 Å². The van der Waals surface area contributed by atoms with Gasteiger partial charge in [-0.15, -0.1) is 10.2 Å². The molecular weight excluding hydrogens is 228 g/mol. The van der Waals surface area contributed by atoms with Crippen LogP contribution in [0.5, 0.6) is 0 Å². The van der Waals surface area contributed by atoms with Gasteiger partial charge in [-0.25, -0.2) is 4.99 Å². The third-order valence-corrected chi connectivity index (χ3v) is 2.85. The molecule has 6 heteroatoms. The number of nitrogens with two attached hydrogens (primary N) is 1. The molecule has 0 aliphatic heterocycles. The maximum Gasteiger partial charge on any atom is 0.191 e. The van der Waals surface area contributed by atoms with E-state index in [-0.39, 0.29) is 0 Å². The molecule has 6 nitrogen and oxygen atoms in total. The fraction of sp³-hybridized carbons (Fsp3) is 0.417. The molecule has 0 spiro atoms. The topological polar surface area (TPSA) is 71.8 Å². The van der Waals surface area contributed by atoms with Crippen molar-refractivity contribution in [3.8, 4) is 0 Å². The van der Waals surface area contributed by atoms with Crippen LogP contribution in [0.2, 0.25) is 0 Å². The lowest BCUT2D eigenvalue weighted by Gasteiger charge is -2.19. The highest BCUT2D eigenvalue weighted by Gasteiger charge is 2.05. The predicted molar refractivity (Wildman–Crippen MR) is 71.2 cm³/mol. The number of hydrogen-bond acceptors (Lipinski definition) is 3. The standard InChI is InChI=1S/C12H18N6/c1-3-17(4-2)12(13)14-9-11-16-15-10-7-5-6-8-18(10)11/h5-8H,3-4,9H2,1-2H3,(H2,13,14). The lowest BCUT2D eigenvalue weighted by molar-refractivity contribution is 0.457. The first-order valence-corrected chi connectivity index (χ1v) is 6.09. The van der Waals surface area contributed by atoms with Crippen LogP contribution in [0.4, 0.5) is 0 Å². The van der Waals surface area contributed by atoms with Crippen molar-refractivity contribution >= 4 is 11.6 Å². The van der Waals surface area contributed by atoms with E-state index in [1.54, 1.807) is 0 Å². The van der Waals surface area contributed by atoms with Gasteiger partial charge in [0, 0.05) is 19.3 Å². The minimum Gasteiger partial charge on any atom is -0.370 e. The van der Waals surface area contributed by atoms with E-state index in [4.69, 9.17) is 5.73 Å². The van der Waals surface area contributed by atoms with Crippen LogP contribution in [0.25, 0.3) is 5.65 Å². The molecule has 0 radical (unpaired) electrons. The van der Waals surface area contributed by atoms with Crippen molar-refractivity contribution in [1.29, 1.82) is 0 Å². The molecule has 0 aromatic carbocycles. The fourth-order valence-electron chi connectivity index (χ4n) is 1.80. The lowest BCUT2D eigenvalue weighted by Crippen LogP contribution is -2.37. The van der Waals surface area contributed by atoms with Gasteiger partial charge in [0.05, 0.1) is 0 Å². The molecule has 0 saturated heterocycles. The Hall–Kier alpha value is -2.11. The third kappa shape index (κ3) is 2.42. The van der Waals surface area contributed by atoms with Gasteiger partial charge in [0.15, 0.2) is 17.4 Å². The van der Waals surface area contributed by atoms with E-state index < -0.39 is 0 Å². The van der Waals surface area contributed by atoms with E-state index in [1.165, 1.54) is 0 Å². The van der Waals surface area contributed by atoms with E-state index in [2.05, 4.69) is 29.0 Å². The Labute approximate surface area is 106 Å². The molecule has 2 N–H and O–H groups in total. The predicted octanol–water partition coefficient (Wildman–Crippen LogP) is 0.886. The minimum absolute atomic E-state index is 0.438. The lowest BCUT2D eigenvalue weighted by atomic mass is 10.4. The second-order valence-corrected chi connectivity index (χ2v) is 3.89. The summed E-state index contributed by atoms with van der Waals surface area (Å²) in [5.41, 5.74) is 6.74. The summed E-state index contributed by atoms with van der Waals surface area (Å²) in [6.45, 7) is 6.25. The second-order valence-electron chi connectivity index (χ2n) is 3.89. The summed E-state index contributed by atoms with van der Waals surface area (Å²) in [6, 6.07) is 5.78. The number of fused-ring (bicyclic) bond motifs is 1. The van der Waals surface area contributed by atoms with Crippen LogP contribution in [-0.4, -0.2) is 38.5 Å². The first-order chi connectivity index (χ1) is 8.76. The smallest absolute Gasteiger partial charge is 0.191 e. The van der Waals surface area contributed by atoms with Crippen molar-refractivity contribution in [2.45, 2.75) is 20.4 Å². The Morgan fingerprint density at radius 1 is 1.33 bits per heavy atom. The van der Waals surface area contributed by atoms with E-state index in [0.29, 0.717) is 12.5 Å². The average Bonchev–Trinajstić information content (AvgIpc) is 2.81. The van der Waals surface area contributed by atoms with Crippen LogP contribution in [0.3, 0.4) is 0 Å². The summed E-state index contributed by atoms with van der Waals surface area (Å²) >= 11 is 0. The summed E-state index contributed by atoms with van der Waals surface area (Å²) in [7, 11) is 0. The number of hydrogen-bond donors (Lipinski definition) is 1. The molecule has 0 fully saturated rings. The largest absolute Gasteiger partial charge is 0.370 e. The third-order valence-electron chi connectivity index (χ3n) is 2.85. The van der Waals surface area contributed by atoms with Crippen molar-refractivity contribution in [2.24, 2.45) is 10.7 Å². The zero-order valence-electron chi connectivity index (χ0n) is 10.7. The number of nitrogens with zero attached hydrogens (tertiary/aromatic N) is 5. The highest BCUT2D eigenvalue weighted by atomic mass is 15.3. The minimum atomic E-state index is 0.438. The van der Waals surface area contributed by atoms with Crippen LogP contribution in [0.15, 0.2) is 29.4 Å². The quantitative estimate of drug-likeness (QED) is 0.642. The van der Waals surface area contributed by atoms with Crippen molar-refractivity contribution in [3.05, 3.63) is 30.2 Å². The van der Waals surface area contributed by atoms with E-state index >= 15 is 0 Å². The Morgan fingerprint density at radius 3 is 2.83 bits per heavy atom. The molecule has 2 heterocycles. The summed E-state index contributed by atoms with van der Waals surface area (Å²) in [6.07, 6.45) is 1.92. The van der Waals surface area contributed by atoms with E-state index in [1.807, 2.05) is 33.7 Å². The van der Waals surface area contributed by atoms with Gasteiger partial charge in [0.1, 0.15) is 6.54 Å². The molecule has 0 amide bonds. The Kier molecular flexibility index (Phi) is 3.76. The molecule has 96 valence electrons. The number of aliphatic imine (C=N–C) groups is 1. The van der Waals surface area contributed by atoms with Crippen molar-refractivity contribution < 1.29 is 0 Å². The van der Waals surface area contributed by atoms with Gasteiger partial charge in [-0.1, -0.05) is 6.07 Å². The monoisotopic (exact) mass is 246 g/mol. The SMILES string of the molecule is CCN(CC)C(N)=NCc1nnc2ccccn12. The number of rotatable bonds is 4. The highest BCUT2D eigenvalue weighted by Crippen LogP contribution is 2.04. The first-order valence-electron chi connectivity index (χ1n) is 6.09. The molecular formula is C12H18N6. The van der Waals surface area contributed by atoms with Crippen LogP contribution in [-0.2, 0) is 6.54 Å². The molecule has 2 aromatic rings. The summed E-state index contributed by atoms with van der Waals surface area (Å²) in [5, 5.41) is 8.18. The molecule has 0 saturated carbocycles. The number of guanidine groups is 1. The van der Waals surface area contributed by atoms with Crippen LogP contribution < -0.4 is 5.73 Å². The van der Waals surface area contributed by atoms with Gasteiger partial charge in [0.25, 0.3) is 0 Å². The van der Waals surface area contributed by atoms with Gasteiger partial charge in [-0.3, -0.25) is 4.40 Å².